The lowest BCUT2D eigenvalue weighted by Crippen LogP contribution is -2.09. The molecule has 3 nitrogen and oxygen atoms in total. The summed E-state index contributed by atoms with van der Waals surface area (Å²) in [5.74, 6) is 0.795. The minimum Gasteiger partial charge on any atom is -0.509 e. The van der Waals surface area contributed by atoms with Crippen LogP contribution in [0.2, 0.25) is 0 Å². The van der Waals surface area contributed by atoms with E-state index >= 15 is 0 Å². The number of aliphatic hydroxyl groups excluding tert-OH is 1. The van der Waals surface area contributed by atoms with Gasteiger partial charge in [-0.3, -0.25) is 4.79 Å². The van der Waals surface area contributed by atoms with Crippen LogP contribution in [0, 0.1) is 5.92 Å². The average molecular weight is 212 g/mol. The van der Waals surface area contributed by atoms with Crippen LogP contribution >= 0.6 is 0 Å². The normalized spacial score (nSPS) is 18.8. The van der Waals surface area contributed by atoms with Crippen molar-refractivity contribution in [3.63, 3.8) is 0 Å². The molecule has 0 heterocycles. The predicted octanol–water partition coefficient (Wildman–Crippen LogP) is 3.31. The number of rotatable bonds is 4. The monoisotopic (exact) mass is 212 g/mol. The SMILES string of the molecule is CC/C(O)=C(\C)OC(=O)CC1CCCC1. The molecular formula is C12H20O3. The summed E-state index contributed by atoms with van der Waals surface area (Å²) in [5.41, 5.74) is 0. The number of ether oxygens (including phenoxy) is 1. The van der Waals surface area contributed by atoms with Gasteiger partial charge in [-0.05, 0) is 25.7 Å². The highest BCUT2D eigenvalue weighted by molar-refractivity contribution is 5.70. The fraction of sp³-hybridized carbons (Fsp3) is 0.750. The summed E-state index contributed by atoms with van der Waals surface area (Å²) in [6.07, 6.45) is 5.73. The molecule has 0 spiro atoms. The van der Waals surface area contributed by atoms with Gasteiger partial charge in [0.15, 0.2) is 0 Å². The Morgan fingerprint density at radius 3 is 2.53 bits per heavy atom. The number of carbonyl (C=O) groups is 1. The van der Waals surface area contributed by atoms with E-state index < -0.39 is 0 Å². The molecule has 0 unspecified atom stereocenters. The van der Waals surface area contributed by atoms with Crippen molar-refractivity contribution in [3.8, 4) is 0 Å². The van der Waals surface area contributed by atoms with Gasteiger partial charge in [-0.2, -0.15) is 0 Å². The van der Waals surface area contributed by atoms with Crippen molar-refractivity contribution in [1.82, 2.24) is 0 Å². The van der Waals surface area contributed by atoms with Gasteiger partial charge >= 0.3 is 5.97 Å². The lowest BCUT2D eigenvalue weighted by atomic mass is 10.0. The van der Waals surface area contributed by atoms with Crippen molar-refractivity contribution in [3.05, 3.63) is 11.5 Å². The first-order chi connectivity index (χ1) is 7.13. The molecule has 1 fully saturated rings. The molecule has 1 aliphatic carbocycles. The number of hydrogen-bond donors (Lipinski definition) is 1. The van der Waals surface area contributed by atoms with E-state index in [9.17, 15) is 9.90 Å². The molecule has 0 bridgehead atoms. The predicted molar refractivity (Wildman–Crippen MR) is 58.3 cm³/mol. The molecule has 0 aromatic carbocycles. The molecule has 0 amide bonds. The summed E-state index contributed by atoms with van der Waals surface area (Å²) in [7, 11) is 0. The third-order valence-electron chi connectivity index (χ3n) is 2.94. The molecule has 1 rings (SSSR count). The van der Waals surface area contributed by atoms with Crippen molar-refractivity contribution in [2.45, 2.75) is 52.4 Å². The lowest BCUT2D eigenvalue weighted by Gasteiger charge is -2.09. The molecule has 1 N–H and O–H groups in total. The summed E-state index contributed by atoms with van der Waals surface area (Å²) in [6.45, 7) is 3.45. The van der Waals surface area contributed by atoms with E-state index in [4.69, 9.17) is 4.74 Å². The maximum atomic E-state index is 11.5. The highest BCUT2D eigenvalue weighted by Crippen LogP contribution is 2.28. The van der Waals surface area contributed by atoms with Gasteiger partial charge in [0.2, 0.25) is 0 Å². The highest BCUT2D eigenvalue weighted by atomic mass is 16.5. The van der Waals surface area contributed by atoms with Crippen LogP contribution in [0.25, 0.3) is 0 Å². The van der Waals surface area contributed by atoms with Gasteiger partial charge in [-0.1, -0.05) is 19.8 Å². The van der Waals surface area contributed by atoms with Gasteiger partial charge < -0.3 is 9.84 Å². The molecular weight excluding hydrogens is 192 g/mol. The first-order valence-corrected chi connectivity index (χ1v) is 5.72. The average Bonchev–Trinajstić information content (AvgIpc) is 2.68. The minimum absolute atomic E-state index is 0.162. The number of carbonyl (C=O) groups excluding carboxylic acids is 1. The van der Waals surface area contributed by atoms with Crippen LogP contribution in [-0.4, -0.2) is 11.1 Å². The van der Waals surface area contributed by atoms with E-state index in [1.807, 2.05) is 6.92 Å². The molecule has 3 heteroatoms. The second kappa shape index (κ2) is 5.79. The van der Waals surface area contributed by atoms with Crippen molar-refractivity contribution in [2.75, 3.05) is 0 Å². The summed E-state index contributed by atoms with van der Waals surface area (Å²) in [5, 5.41) is 9.34. The molecule has 1 saturated carbocycles. The summed E-state index contributed by atoms with van der Waals surface area (Å²) < 4.78 is 5.06. The van der Waals surface area contributed by atoms with E-state index in [0.717, 1.165) is 12.8 Å². The third-order valence-corrected chi connectivity index (χ3v) is 2.94. The van der Waals surface area contributed by atoms with Crippen LogP contribution in [0.15, 0.2) is 11.5 Å². The van der Waals surface area contributed by atoms with Gasteiger partial charge in [-0.15, -0.1) is 0 Å². The van der Waals surface area contributed by atoms with Gasteiger partial charge in [0.1, 0.15) is 11.5 Å². The van der Waals surface area contributed by atoms with Crippen LogP contribution in [0.1, 0.15) is 52.4 Å². The smallest absolute Gasteiger partial charge is 0.311 e. The molecule has 0 aromatic heterocycles. The van der Waals surface area contributed by atoms with Gasteiger partial charge in [0.05, 0.1) is 0 Å². The van der Waals surface area contributed by atoms with Crippen molar-refractivity contribution in [2.24, 2.45) is 5.92 Å². The number of esters is 1. The first kappa shape index (κ1) is 12.1. The first-order valence-electron chi connectivity index (χ1n) is 5.72. The van der Waals surface area contributed by atoms with Crippen LogP contribution < -0.4 is 0 Å². The van der Waals surface area contributed by atoms with Crippen molar-refractivity contribution < 1.29 is 14.6 Å². The lowest BCUT2D eigenvalue weighted by molar-refractivity contribution is -0.140. The maximum Gasteiger partial charge on any atom is 0.311 e. The Hall–Kier alpha value is -0.990. The second-order valence-electron chi connectivity index (χ2n) is 4.19. The van der Waals surface area contributed by atoms with E-state index in [2.05, 4.69) is 0 Å². The highest BCUT2D eigenvalue weighted by Gasteiger charge is 2.19. The van der Waals surface area contributed by atoms with Gasteiger partial charge in [0, 0.05) is 12.8 Å². The zero-order valence-electron chi connectivity index (χ0n) is 9.58. The maximum absolute atomic E-state index is 11.5. The molecule has 1 aliphatic rings. The molecule has 86 valence electrons. The Bertz CT molecular complexity index is 250. The molecule has 0 aromatic rings. The fourth-order valence-corrected chi connectivity index (χ4v) is 1.97. The summed E-state index contributed by atoms with van der Waals surface area (Å²) in [6, 6.07) is 0. The quantitative estimate of drug-likeness (QED) is 0.574. The Kier molecular flexibility index (Phi) is 4.66. The number of aliphatic hydroxyl groups is 1. The van der Waals surface area contributed by atoms with E-state index in [-0.39, 0.29) is 11.7 Å². The molecule has 15 heavy (non-hydrogen) atoms. The summed E-state index contributed by atoms with van der Waals surface area (Å²) in [4.78, 5) is 11.5. The number of allylic oxidation sites excluding steroid dienone is 2. The van der Waals surface area contributed by atoms with E-state index in [1.54, 1.807) is 6.92 Å². The minimum atomic E-state index is -0.209. The van der Waals surface area contributed by atoms with Crippen molar-refractivity contribution >= 4 is 5.97 Å². The molecule has 0 radical (unpaired) electrons. The molecule has 0 aliphatic heterocycles. The van der Waals surface area contributed by atoms with Crippen molar-refractivity contribution in [1.29, 1.82) is 0 Å². The van der Waals surface area contributed by atoms with E-state index in [1.165, 1.54) is 12.8 Å². The largest absolute Gasteiger partial charge is 0.509 e. The number of hydrogen-bond acceptors (Lipinski definition) is 3. The molecule has 0 saturated heterocycles. The van der Waals surface area contributed by atoms with Crippen LogP contribution in [0.5, 0.6) is 0 Å². The van der Waals surface area contributed by atoms with Gasteiger partial charge in [0.25, 0.3) is 0 Å². The Morgan fingerprint density at radius 2 is 2.00 bits per heavy atom. The Morgan fingerprint density at radius 1 is 1.40 bits per heavy atom. The van der Waals surface area contributed by atoms with E-state index in [0.29, 0.717) is 24.5 Å². The molecule has 0 atom stereocenters. The standard InChI is InChI=1S/C12H20O3/c1-3-11(13)9(2)15-12(14)8-10-6-4-5-7-10/h10,13H,3-8H2,1-2H3/b11-9-. The fourth-order valence-electron chi connectivity index (χ4n) is 1.97. The Balaban J connectivity index is 2.35. The van der Waals surface area contributed by atoms with Gasteiger partial charge in [-0.25, -0.2) is 0 Å². The topological polar surface area (TPSA) is 46.5 Å². The zero-order chi connectivity index (χ0) is 11.3. The third kappa shape index (κ3) is 3.94. The van der Waals surface area contributed by atoms with Crippen LogP contribution in [-0.2, 0) is 9.53 Å². The summed E-state index contributed by atoms with van der Waals surface area (Å²) >= 11 is 0. The second-order valence-corrected chi connectivity index (χ2v) is 4.19. The van der Waals surface area contributed by atoms with Crippen LogP contribution in [0.4, 0.5) is 0 Å². The van der Waals surface area contributed by atoms with Crippen LogP contribution in [0.3, 0.4) is 0 Å². The zero-order valence-corrected chi connectivity index (χ0v) is 9.58. The Labute approximate surface area is 91.1 Å².